The highest BCUT2D eigenvalue weighted by Crippen LogP contribution is 2.32. The van der Waals surface area contributed by atoms with Gasteiger partial charge in [0, 0.05) is 55.0 Å². The molecule has 0 unspecified atom stereocenters. The van der Waals surface area contributed by atoms with Gasteiger partial charge < -0.3 is 15.3 Å². The Labute approximate surface area is 174 Å². The van der Waals surface area contributed by atoms with E-state index in [9.17, 15) is 9.90 Å². The fourth-order valence-corrected chi connectivity index (χ4v) is 4.10. The summed E-state index contributed by atoms with van der Waals surface area (Å²) in [7, 11) is 0. The molecule has 1 saturated heterocycles. The molecule has 1 aromatic carbocycles. The van der Waals surface area contributed by atoms with Crippen LogP contribution < -0.4 is 10.2 Å². The molecule has 0 saturated carbocycles. The number of aromatic nitrogens is 3. The van der Waals surface area contributed by atoms with Crippen LogP contribution >= 0.6 is 0 Å². The number of fused-ring (bicyclic) bond motifs is 1. The van der Waals surface area contributed by atoms with Gasteiger partial charge in [-0.1, -0.05) is 6.07 Å². The number of nitrogens with zero attached hydrogens (tertiary/aromatic N) is 4. The minimum Gasteiger partial charge on any atom is -0.396 e. The van der Waals surface area contributed by atoms with E-state index in [0.717, 1.165) is 59.8 Å². The largest absolute Gasteiger partial charge is 0.396 e. The smallest absolute Gasteiger partial charge is 0.228 e. The molecule has 152 valence electrons. The normalized spacial score (nSPS) is 16.4. The van der Waals surface area contributed by atoms with Gasteiger partial charge in [0.15, 0.2) is 5.82 Å². The van der Waals surface area contributed by atoms with E-state index < -0.39 is 0 Å². The number of aliphatic hydroxyl groups excluding tert-OH is 1. The Kier molecular flexibility index (Phi) is 4.88. The monoisotopic (exact) mass is 401 g/mol. The van der Waals surface area contributed by atoms with Gasteiger partial charge in [-0.3, -0.25) is 9.78 Å². The van der Waals surface area contributed by atoms with Crippen molar-refractivity contribution in [2.24, 2.45) is 5.92 Å². The highest BCUT2D eigenvalue weighted by Gasteiger charge is 2.22. The van der Waals surface area contributed by atoms with E-state index >= 15 is 0 Å². The fraction of sp³-hybridized carbons (Fsp3) is 0.304. The molecule has 1 amide bonds. The van der Waals surface area contributed by atoms with Crippen LogP contribution in [0.4, 0.5) is 11.5 Å². The maximum Gasteiger partial charge on any atom is 0.228 e. The lowest BCUT2D eigenvalue weighted by molar-refractivity contribution is -0.115. The number of carbonyl (C=O) groups excluding carboxylic acids is 1. The van der Waals surface area contributed by atoms with Crippen molar-refractivity contribution in [2.75, 3.05) is 29.9 Å². The van der Waals surface area contributed by atoms with Crippen molar-refractivity contribution in [3.8, 4) is 22.6 Å². The molecule has 2 N–H and O–H groups in total. The molecule has 7 heteroatoms. The molecule has 0 radical (unpaired) electrons. The van der Waals surface area contributed by atoms with Crippen LogP contribution in [-0.4, -0.2) is 45.7 Å². The fourth-order valence-electron chi connectivity index (χ4n) is 4.10. The quantitative estimate of drug-likeness (QED) is 0.699. The lowest BCUT2D eigenvalue weighted by Gasteiger charge is -2.32. The summed E-state index contributed by atoms with van der Waals surface area (Å²) < 4.78 is 0. The van der Waals surface area contributed by atoms with Gasteiger partial charge in [0.05, 0.1) is 12.1 Å². The third kappa shape index (κ3) is 3.64. The minimum absolute atomic E-state index is 0.0216. The summed E-state index contributed by atoms with van der Waals surface area (Å²) in [4.78, 5) is 27.9. The van der Waals surface area contributed by atoms with Gasteiger partial charge in [-0.2, -0.15) is 0 Å². The number of rotatable bonds is 4. The van der Waals surface area contributed by atoms with Gasteiger partial charge in [0.2, 0.25) is 5.91 Å². The molecule has 0 bridgehead atoms. The number of benzene rings is 1. The van der Waals surface area contributed by atoms with Crippen LogP contribution in [0.2, 0.25) is 0 Å². The van der Waals surface area contributed by atoms with Crippen molar-refractivity contribution in [2.45, 2.75) is 19.3 Å². The summed E-state index contributed by atoms with van der Waals surface area (Å²) in [6, 6.07) is 11.8. The zero-order valence-electron chi connectivity index (χ0n) is 16.6. The molecule has 0 aliphatic carbocycles. The van der Waals surface area contributed by atoms with Crippen LogP contribution in [0.25, 0.3) is 22.6 Å². The summed E-state index contributed by atoms with van der Waals surface area (Å²) in [5.74, 6) is 1.90. The average molecular weight is 401 g/mol. The molecule has 2 aliphatic heterocycles. The Hall–Kier alpha value is -3.32. The standard InChI is InChI=1S/C23H23N5O2/c29-14-15-5-8-28(9-6-15)21-12-20(26-23(27-21)17-2-1-7-24-13-17)16-3-4-19-18(10-16)11-22(30)25-19/h1-4,7,10,12-13,15,29H,5-6,8-9,11,14H2,(H,25,30). The summed E-state index contributed by atoms with van der Waals surface area (Å²) in [5, 5.41) is 12.3. The molecule has 0 spiro atoms. The molecular formula is C23H23N5O2. The van der Waals surface area contributed by atoms with E-state index in [1.807, 2.05) is 36.4 Å². The Morgan fingerprint density at radius 3 is 2.73 bits per heavy atom. The summed E-state index contributed by atoms with van der Waals surface area (Å²) >= 11 is 0. The first-order valence-electron chi connectivity index (χ1n) is 10.3. The topological polar surface area (TPSA) is 91.2 Å². The number of amides is 1. The Morgan fingerprint density at radius 2 is 1.97 bits per heavy atom. The van der Waals surface area contributed by atoms with Gasteiger partial charge in [0.25, 0.3) is 0 Å². The summed E-state index contributed by atoms with van der Waals surface area (Å²) in [5.41, 5.74) is 4.51. The predicted molar refractivity (Wildman–Crippen MR) is 115 cm³/mol. The van der Waals surface area contributed by atoms with Crippen LogP contribution in [-0.2, 0) is 11.2 Å². The summed E-state index contributed by atoms with van der Waals surface area (Å²) in [6.07, 6.45) is 5.80. The van der Waals surface area contributed by atoms with Crippen molar-refractivity contribution >= 4 is 17.4 Å². The van der Waals surface area contributed by atoms with Crippen molar-refractivity contribution in [1.29, 1.82) is 0 Å². The maximum atomic E-state index is 11.7. The second-order valence-electron chi connectivity index (χ2n) is 7.89. The van der Waals surface area contributed by atoms with Crippen molar-refractivity contribution in [3.63, 3.8) is 0 Å². The third-order valence-electron chi connectivity index (χ3n) is 5.86. The van der Waals surface area contributed by atoms with Gasteiger partial charge >= 0.3 is 0 Å². The van der Waals surface area contributed by atoms with E-state index in [1.54, 1.807) is 12.4 Å². The number of hydrogen-bond acceptors (Lipinski definition) is 6. The molecular weight excluding hydrogens is 378 g/mol. The molecule has 2 aliphatic rings. The average Bonchev–Trinajstić information content (AvgIpc) is 3.18. The molecule has 2 aromatic heterocycles. The van der Waals surface area contributed by atoms with Crippen LogP contribution in [0.1, 0.15) is 18.4 Å². The number of hydrogen-bond donors (Lipinski definition) is 2. The predicted octanol–water partition coefficient (Wildman–Crippen LogP) is 2.91. The molecule has 1 fully saturated rings. The maximum absolute atomic E-state index is 11.7. The van der Waals surface area contributed by atoms with Crippen molar-refractivity contribution in [3.05, 3.63) is 54.4 Å². The molecule has 4 heterocycles. The van der Waals surface area contributed by atoms with Crippen LogP contribution in [0.15, 0.2) is 48.8 Å². The van der Waals surface area contributed by atoms with E-state index in [2.05, 4.69) is 15.2 Å². The first kappa shape index (κ1) is 18.7. The molecule has 30 heavy (non-hydrogen) atoms. The first-order chi connectivity index (χ1) is 14.7. The van der Waals surface area contributed by atoms with E-state index in [0.29, 0.717) is 18.2 Å². The number of pyridine rings is 1. The number of piperidine rings is 1. The van der Waals surface area contributed by atoms with Gasteiger partial charge in [-0.25, -0.2) is 9.97 Å². The minimum atomic E-state index is 0.0216. The highest BCUT2D eigenvalue weighted by molar-refractivity contribution is 5.99. The van der Waals surface area contributed by atoms with Gasteiger partial charge in [0.1, 0.15) is 5.82 Å². The zero-order chi connectivity index (χ0) is 20.5. The number of aliphatic hydroxyl groups is 1. The molecule has 0 atom stereocenters. The van der Waals surface area contributed by atoms with Gasteiger partial charge in [-0.05, 0) is 48.6 Å². The van der Waals surface area contributed by atoms with Crippen molar-refractivity contribution < 1.29 is 9.90 Å². The van der Waals surface area contributed by atoms with Crippen molar-refractivity contribution in [1.82, 2.24) is 15.0 Å². The first-order valence-corrected chi connectivity index (χ1v) is 10.3. The molecule has 5 rings (SSSR count). The second kappa shape index (κ2) is 7.84. The van der Waals surface area contributed by atoms with Crippen LogP contribution in [0.3, 0.4) is 0 Å². The van der Waals surface area contributed by atoms with Crippen LogP contribution in [0, 0.1) is 5.92 Å². The van der Waals surface area contributed by atoms with Gasteiger partial charge in [-0.15, -0.1) is 0 Å². The third-order valence-corrected chi connectivity index (χ3v) is 5.86. The second-order valence-corrected chi connectivity index (χ2v) is 7.89. The lowest BCUT2D eigenvalue weighted by Crippen LogP contribution is -2.35. The van der Waals surface area contributed by atoms with E-state index in [4.69, 9.17) is 9.97 Å². The Balaban J connectivity index is 1.55. The number of nitrogens with one attached hydrogen (secondary N) is 1. The van der Waals surface area contributed by atoms with Crippen LogP contribution in [0.5, 0.6) is 0 Å². The highest BCUT2D eigenvalue weighted by atomic mass is 16.3. The zero-order valence-corrected chi connectivity index (χ0v) is 16.6. The number of anilines is 2. The lowest BCUT2D eigenvalue weighted by atomic mass is 9.98. The van der Waals surface area contributed by atoms with E-state index in [1.165, 1.54) is 0 Å². The molecule has 3 aromatic rings. The SMILES string of the molecule is O=C1Cc2cc(-c3cc(N4CCC(CO)CC4)nc(-c4cccnc4)n3)ccc2N1. The Bertz CT molecular complexity index is 1080. The Morgan fingerprint density at radius 1 is 1.10 bits per heavy atom. The summed E-state index contributed by atoms with van der Waals surface area (Å²) in [6.45, 7) is 1.96. The number of carbonyl (C=O) groups is 1. The molecule has 7 nitrogen and oxygen atoms in total. The van der Waals surface area contributed by atoms with E-state index in [-0.39, 0.29) is 12.5 Å².